The number of rotatable bonds is 3. The Morgan fingerprint density at radius 3 is 2.62 bits per heavy atom. The Kier molecular flexibility index (Phi) is 4.51. The predicted octanol–water partition coefficient (Wildman–Crippen LogP) is 2.12. The highest BCUT2D eigenvalue weighted by molar-refractivity contribution is 6.09. The maximum atomic E-state index is 13.2. The highest BCUT2D eigenvalue weighted by Gasteiger charge is 2.27. The number of nitrogens with one attached hydrogen (secondary N) is 3. The van der Waals surface area contributed by atoms with E-state index < -0.39 is 17.8 Å². The Bertz CT molecular complexity index is 792. The van der Waals surface area contributed by atoms with Gasteiger partial charge in [-0.15, -0.1) is 0 Å². The number of anilines is 2. The van der Waals surface area contributed by atoms with E-state index in [1.54, 1.807) is 6.07 Å². The average Bonchev–Trinajstić information content (AvgIpc) is 2.55. The molecule has 1 aliphatic heterocycles. The van der Waals surface area contributed by atoms with Gasteiger partial charge in [0.05, 0.1) is 6.42 Å². The molecule has 0 fully saturated rings. The molecule has 2 aromatic rings. The van der Waals surface area contributed by atoms with Crippen LogP contribution < -0.4 is 16.0 Å². The molecule has 2 aromatic carbocycles. The molecular formula is C17H15FN4O2. The summed E-state index contributed by atoms with van der Waals surface area (Å²) in [6.07, 6.45) is -0.0683. The molecule has 7 heteroatoms. The molecule has 0 aromatic heterocycles. The molecule has 1 atom stereocenters. The third kappa shape index (κ3) is 3.95. The van der Waals surface area contributed by atoms with Crippen LogP contribution in [0.1, 0.15) is 6.42 Å². The van der Waals surface area contributed by atoms with E-state index in [0.717, 1.165) is 5.69 Å². The van der Waals surface area contributed by atoms with Crippen molar-refractivity contribution in [3.05, 3.63) is 60.4 Å². The van der Waals surface area contributed by atoms with Crippen LogP contribution in [0.15, 0.2) is 59.6 Å². The standard InChI is InChI=1S/C17H15FN4O2/c18-11-5-4-8-13(9-11)19-16(24)14-10-15(23)22-17(21-14)20-12-6-2-1-3-7-12/h1-9,14H,10H2,(H,19,24)(H2,20,21,22,23)/t14-/m1/s1. The molecule has 24 heavy (non-hydrogen) atoms. The van der Waals surface area contributed by atoms with Gasteiger partial charge in [0.2, 0.25) is 17.8 Å². The van der Waals surface area contributed by atoms with Crippen molar-refractivity contribution in [3.63, 3.8) is 0 Å². The quantitative estimate of drug-likeness (QED) is 0.808. The number of hydrogen-bond acceptors (Lipinski definition) is 4. The van der Waals surface area contributed by atoms with Crippen molar-refractivity contribution < 1.29 is 14.0 Å². The predicted molar refractivity (Wildman–Crippen MR) is 89.1 cm³/mol. The molecule has 2 amide bonds. The minimum Gasteiger partial charge on any atom is -0.326 e. The molecule has 1 aliphatic rings. The normalized spacial score (nSPS) is 16.8. The van der Waals surface area contributed by atoms with Gasteiger partial charge in [0.1, 0.15) is 11.9 Å². The first-order valence-electron chi connectivity index (χ1n) is 7.36. The zero-order valence-electron chi connectivity index (χ0n) is 12.6. The number of aliphatic imine (C=N–C) groups is 1. The number of para-hydroxylation sites is 1. The van der Waals surface area contributed by atoms with E-state index in [9.17, 15) is 14.0 Å². The summed E-state index contributed by atoms with van der Waals surface area (Å²) < 4.78 is 13.2. The third-order valence-corrected chi connectivity index (χ3v) is 3.35. The summed E-state index contributed by atoms with van der Waals surface area (Å²) in [5.41, 5.74) is 1.06. The lowest BCUT2D eigenvalue weighted by molar-refractivity contribution is -0.124. The van der Waals surface area contributed by atoms with Crippen LogP contribution in [-0.2, 0) is 9.59 Å². The van der Waals surface area contributed by atoms with Crippen LogP contribution in [0.25, 0.3) is 0 Å². The van der Waals surface area contributed by atoms with Gasteiger partial charge in [-0.05, 0) is 30.3 Å². The molecule has 0 bridgehead atoms. The molecule has 3 N–H and O–H groups in total. The van der Waals surface area contributed by atoms with Gasteiger partial charge in [0.25, 0.3) is 0 Å². The summed E-state index contributed by atoms with van der Waals surface area (Å²) in [6.45, 7) is 0. The Labute approximate surface area is 137 Å². The Morgan fingerprint density at radius 1 is 1.12 bits per heavy atom. The van der Waals surface area contributed by atoms with Crippen LogP contribution in [0.5, 0.6) is 0 Å². The lowest BCUT2D eigenvalue weighted by atomic mass is 10.1. The van der Waals surface area contributed by atoms with Crippen molar-refractivity contribution in [2.45, 2.75) is 12.5 Å². The highest BCUT2D eigenvalue weighted by Crippen LogP contribution is 2.13. The SMILES string of the molecule is O=C1C[C@H](C(=O)Nc2cccc(F)c2)N=C(Nc2ccccc2)N1. The lowest BCUT2D eigenvalue weighted by Gasteiger charge is -2.21. The number of hydrogen-bond donors (Lipinski definition) is 3. The fourth-order valence-electron chi connectivity index (χ4n) is 2.26. The summed E-state index contributed by atoms with van der Waals surface area (Å²) in [5, 5.41) is 8.09. The summed E-state index contributed by atoms with van der Waals surface area (Å²) in [6, 6.07) is 13.8. The Morgan fingerprint density at radius 2 is 1.88 bits per heavy atom. The second kappa shape index (κ2) is 6.91. The molecule has 6 nitrogen and oxygen atoms in total. The fraction of sp³-hybridized carbons (Fsp3) is 0.118. The van der Waals surface area contributed by atoms with E-state index in [4.69, 9.17) is 0 Å². The number of guanidine groups is 1. The molecule has 0 radical (unpaired) electrons. The number of carbonyl (C=O) groups excluding carboxylic acids is 2. The molecule has 0 aliphatic carbocycles. The van der Waals surface area contributed by atoms with Crippen molar-refractivity contribution >= 4 is 29.1 Å². The fourth-order valence-corrected chi connectivity index (χ4v) is 2.26. The second-order valence-electron chi connectivity index (χ2n) is 5.24. The minimum atomic E-state index is -0.881. The van der Waals surface area contributed by atoms with Crippen LogP contribution in [0, 0.1) is 5.82 Å². The molecule has 0 unspecified atom stereocenters. The van der Waals surface area contributed by atoms with E-state index in [1.807, 2.05) is 30.3 Å². The summed E-state index contributed by atoms with van der Waals surface area (Å²) in [7, 11) is 0. The second-order valence-corrected chi connectivity index (χ2v) is 5.24. The maximum Gasteiger partial charge on any atom is 0.249 e. The van der Waals surface area contributed by atoms with Crippen LogP contribution in [0.3, 0.4) is 0 Å². The number of benzene rings is 2. The largest absolute Gasteiger partial charge is 0.326 e. The van der Waals surface area contributed by atoms with Crippen LogP contribution in [0.4, 0.5) is 15.8 Å². The van der Waals surface area contributed by atoms with Gasteiger partial charge >= 0.3 is 0 Å². The van der Waals surface area contributed by atoms with E-state index in [0.29, 0.717) is 5.69 Å². The third-order valence-electron chi connectivity index (χ3n) is 3.35. The minimum absolute atomic E-state index is 0.0683. The molecule has 0 saturated carbocycles. The number of carbonyl (C=O) groups is 2. The van der Waals surface area contributed by atoms with Crippen molar-refractivity contribution in [3.8, 4) is 0 Å². The van der Waals surface area contributed by atoms with Crippen molar-refractivity contribution in [1.29, 1.82) is 0 Å². The Balaban J connectivity index is 1.73. The number of amides is 2. The zero-order chi connectivity index (χ0) is 16.9. The van der Waals surface area contributed by atoms with Crippen molar-refractivity contribution in [2.75, 3.05) is 10.6 Å². The van der Waals surface area contributed by atoms with Gasteiger partial charge < -0.3 is 10.6 Å². The molecule has 3 rings (SSSR count). The maximum absolute atomic E-state index is 13.2. The first-order chi connectivity index (χ1) is 11.6. The summed E-state index contributed by atoms with van der Waals surface area (Å²) in [5.74, 6) is -1.04. The van der Waals surface area contributed by atoms with Gasteiger partial charge in [0.15, 0.2) is 0 Å². The molecular weight excluding hydrogens is 311 g/mol. The van der Waals surface area contributed by atoms with Crippen molar-refractivity contribution in [1.82, 2.24) is 5.32 Å². The monoisotopic (exact) mass is 326 g/mol. The smallest absolute Gasteiger partial charge is 0.249 e. The topological polar surface area (TPSA) is 82.6 Å². The van der Waals surface area contributed by atoms with Gasteiger partial charge in [-0.2, -0.15) is 0 Å². The molecule has 0 spiro atoms. The van der Waals surface area contributed by atoms with Gasteiger partial charge in [-0.3, -0.25) is 14.9 Å². The Hall–Kier alpha value is -3.22. The number of halogens is 1. The molecule has 122 valence electrons. The average molecular weight is 326 g/mol. The first kappa shape index (κ1) is 15.7. The molecule has 0 saturated heterocycles. The zero-order valence-corrected chi connectivity index (χ0v) is 12.6. The first-order valence-corrected chi connectivity index (χ1v) is 7.36. The lowest BCUT2D eigenvalue weighted by Crippen LogP contribution is -2.45. The van der Waals surface area contributed by atoms with Gasteiger partial charge in [0, 0.05) is 11.4 Å². The van der Waals surface area contributed by atoms with E-state index in [-0.39, 0.29) is 18.3 Å². The van der Waals surface area contributed by atoms with E-state index >= 15 is 0 Å². The van der Waals surface area contributed by atoms with Crippen LogP contribution >= 0.6 is 0 Å². The van der Waals surface area contributed by atoms with Gasteiger partial charge in [-0.1, -0.05) is 24.3 Å². The van der Waals surface area contributed by atoms with Crippen LogP contribution in [0.2, 0.25) is 0 Å². The highest BCUT2D eigenvalue weighted by atomic mass is 19.1. The van der Waals surface area contributed by atoms with E-state index in [1.165, 1.54) is 18.2 Å². The van der Waals surface area contributed by atoms with Crippen LogP contribution in [-0.4, -0.2) is 23.8 Å². The summed E-state index contributed by atoms with van der Waals surface area (Å²) >= 11 is 0. The van der Waals surface area contributed by atoms with Crippen molar-refractivity contribution in [2.24, 2.45) is 4.99 Å². The summed E-state index contributed by atoms with van der Waals surface area (Å²) in [4.78, 5) is 28.3. The molecule has 1 heterocycles. The number of nitrogens with zero attached hydrogens (tertiary/aromatic N) is 1. The van der Waals surface area contributed by atoms with Gasteiger partial charge in [-0.25, -0.2) is 9.38 Å². The van der Waals surface area contributed by atoms with E-state index in [2.05, 4.69) is 20.9 Å².